The summed E-state index contributed by atoms with van der Waals surface area (Å²) in [5.41, 5.74) is 0. The Morgan fingerprint density at radius 2 is 0.712 bits per heavy atom. The van der Waals surface area contributed by atoms with Crippen LogP contribution in [0.2, 0.25) is 0 Å². The van der Waals surface area contributed by atoms with Crippen molar-refractivity contribution in [2.24, 2.45) is 0 Å². The molecule has 0 aromatic rings. The molecule has 2 atom stereocenters. The van der Waals surface area contributed by atoms with E-state index >= 15 is 0 Å². The van der Waals surface area contributed by atoms with Gasteiger partial charge in [-0.25, -0.2) is 0 Å². The average Bonchev–Trinajstić information content (AvgIpc) is 3.24. The van der Waals surface area contributed by atoms with E-state index in [0.717, 1.165) is 38.5 Å². The lowest BCUT2D eigenvalue weighted by Crippen LogP contribution is -2.45. The van der Waals surface area contributed by atoms with Gasteiger partial charge >= 0.3 is 0 Å². The lowest BCUT2D eigenvalue weighted by Gasteiger charge is -2.19. The predicted molar refractivity (Wildman–Crippen MR) is 262 cm³/mol. The Morgan fingerprint density at radius 3 is 1.10 bits per heavy atom. The zero-order valence-corrected chi connectivity index (χ0v) is 39.8. The van der Waals surface area contributed by atoms with E-state index in [1.807, 2.05) is 6.08 Å². The van der Waals surface area contributed by atoms with Crippen molar-refractivity contribution in [1.29, 1.82) is 0 Å². The van der Waals surface area contributed by atoms with Crippen LogP contribution in [0.4, 0.5) is 0 Å². The van der Waals surface area contributed by atoms with Crippen LogP contribution in [-0.2, 0) is 4.79 Å². The third-order valence-corrected chi connectivity index (χ3v) is 12.0. The minimum atomic E-state index is -0.858. The number of allylic oxidation sites excluding steroid dienone is 7. The van der Waals surface area contributed by atoms with Gasteiger partial charge in [0, 0.05) is 6.42 Å². The number of carbonyl (C=O) groups is 1. The second-order valence-corrected chi connectivity index (χ2v) is 17.9. The van der Waals surface area contributed by atoms with E-state index < -0.39 is 12.1 Å². The van der Waals surface area contributed by atoms with Crippen LogP contribution in [0.1, 0.15) is 277 Å². The van der Waals surface area contributed by atoms with Gasteiger partial charge in [-0.05, 0) is 64.2 Å². The molecular formula is C55H103NO3. The van der Waals surface area contributed by atoms with Crippen LogP contribution in [0.25, 0.3) is 0 Å². The van der Waals surface area contributed by atoms with Gasteiger partial charge in [-0.3, -0.25) is 4.79 Å². The molecule has 346 valence electrons. The summed E-state index contributed by atoms with van der Waals surface area (Å²) < 4.78 is 0. The normalized spacial score (nSPS) is 13.2. The van der Waals surface area contributed by atoms with E-state index in [2.05, 4.69) is 55.6 Å². The molecule has 0 saturated carbocycles. The minimum Gasteiger partial charge on any atom is -0.394 e. The zero-order chi connectivity index (χ0) is 42.8. The highest BCUT2D eigenvalue weighted by molar-refractivity contribution is 5.76. The molecule has 3 N–H and O–H groups in total. The first kappa shape index (κ1) is 57.3. The van der Waals surface area contributed by atoms with Gasteiger partial charge in [0.2, 0.25) is 5.91 Å². The van der Waals surface area contributed by atoms with Crippen LogP contribution in [-0.4, -0.2) is 34.9 Å². The number of carbonyl (C=O) groups excluding carboxylic acids is 1. The van der Waals surface area contributed by atoms with Crippen molar-refractivity contribution in [3.8, 4) is 0 Å². The highest BCUT2D eigenvalue weighted by Crippen LogP contribution is 2.17. The van der Waals surface area contributed by atoms with Gasteiger partial charge in [-0.15, -0.1) is 0 Å². The molecule has 2 unspecified atom stereocenters. The number of rotatable bonds is 48. The van der Waals surface area contributed by atoms with Crippen molar-refractivity contribution >= 4 is 5.91 Å². The maximum atomic E-state index is 12.4. The molecule has 1 amide bonds. The summed E-state index contributed by atoms with van der Waals surface area (Å²) in [6.45, 7) is 4.26. The fourth-order valence-electron chi connectivity index (χ4n) is 7.99. The molecule has 0 aliphatic rings. The van der Waals surface area contributed by atoms with Crippen LogP contribution in [0.5, 0.6) is 0 Å². The van der Waals surface area contributed by atoms with Gasteiger partial charge in [-0.2, -0.15) is 0 Å². The fourth-order valence-corrected chi connectivity index (χ4v) is 7.99. The lowest BCUT2D eigenvalue weighted by atomic mass is 10.0. The summed E-state index contributed by atoms with van der Waals surface area (Å²) in [7, 11) is 0. The van der Waals surface area contributed by atoms with Gasteiger partial charge < -0.3 is 15.5 Å². The zero-order valence-electron chi connectivity index (χ0n) is 39.8. The summed E-state index contributed by atoms with van der Waals surface area (Å²) in [5, 5.41) is 22.9. The van der Waals surface area contributed by atoms with E-state index in [0.29, 0.717) is 6.42 Å². The van der Waals surface area contributed by atoms with Crippen molar-refractivity contribution < 1.29 is 15.0 Å². The Bertz CT molecular complexity index is 939. The Balaban J connectivity index is 3.38. The van der Waals surface area contributed by atoms with Crippen LogP contribution in [0.15, 0.2) is 48.6 Å². The third-order valence-electron chi connectivity index (χ3n) is 12.0. The van der Waals surface area contributed by atoms with Crippen molar-refractivity contribution in [3.05, 3.63) is 48.6 Å². The Labute approximate surface area is 369 Å². The molecule has 59 heavy (non-hydrogen) atoms. The van der Waals surface area contributed by atoms with E-state index in [1.54, 1.807) is 6.08 Å². The largest absolute Gasteiger partial charge is 0.394 e. The summed E-state index contributed by atoms with van der Waals surface area (Å²) in [6, 6.07) is -0.635. The first-order chi connectivity index (χ1) is 29.2. The first-order valence-electron chi connectivity index (χ1n) is 26.4. The van der Waals surface area contributed by atoms with Gasteiger partial charge in [-0.1, -0.05) is 255 Å². The Hall–Kier alpha value is -1.65. The molecule has 0 saturated heterocycles. The second-order valence-electron chi connectivity index (χ2n) is 17.9. The van der Waals surface area contributed by atoms with Crippen LogP contribution >= 0.6 is 0 Å². The number of aliphatic hydroxyl groups excluding tert-OH is 2. The maximum absolute atomic E-state index is 12.4. The molecule has 0 aromatic carbocycles. The van der Waals surface area contributed by atoms with E-state index in [9.17, 15) is 15.0 Å². The Morgan fingerprint density at radius 1 is 0.407 bits per heavy atom. The highest BCUT2D eigenvalue weighted by Gasteiger charge is 2.17. The fraction of sp³-hybridized carbons (Fsp3) is 0.836. The molecule has 4 heteroatoms. The smallest absolute Gasteiger partial charge is 0.220 e. The molecule has 0 aliphatic carbocycles. The third kappa shape index (κ3) is 47.3. The molecule has 0 bridgehead atoms. The standard InChI is InChI=1S/C55H103NO3/c1-3-5-7-9-11-13-15-16-17-18-19-20-21-22-23-24-25-26-27-28-29-30-31-32-33-34-35-36-37-38-39-40-41-43-45-47-49-51-55(59)56-53(52-57)54(58)50-48-46-44-42-14-12-10-8-6-4-2/h14-16,18-19,42,48,50,53-54,57-58H,3-13,17,20-41,43-47,49,51-52H2,1-2H3,(H,56,59)/b16-15-,19-18-,42-14+,50-48+. The lowest BCUT2D eigenvalue weighted by molar-refractivity contribution is -0.123. The number of amides is 1. The van der Waals surface area contributed by atoms with Gasteiger partial charge in [0.25, 0.3) is 0 Å². The molecule has 0 rings (SSSR count). The highest BCUT2D eigenvalue weighted by atomic mass is 16.3. The average molecular weight is 826 g/mol. The molecule has 0 aliphatic heterocycles. The van der Waals surface area contributed by atoms with Crippen LogP contribution in [0.3, 0.4) is 0 Å². The molecule has 0 radical (unpaired) electrons. The molecule has 0 heterocycles. The molecular weight excluding hydrogens is 723 g/mol. The monoisotopic (exact) mass is 826 g/mol. The topological polar surface area (TPSA) is 69.6 Å². The summed E-state index contributed by atoms with van der Waals surface area (Å²) in [4.78, 5) is 12.4. The molecule has 0 spiro atoms. The van der Waals surface area contributed by atoms with Crippen molar-refractivity contribution in [2.75, 3.05) is 6.61 Å². The van der Waals surface area contributed by atoms with Crippen molar-refractivity contribution in [2.45, 2.75) is 289 Å². The quantitative estimate of drug-likeness (QED) is 0.0423. The molecule has 4 nitrogen and oxygen atoms in total. The summed E-state index contributed by atoms with van der Waals surface area (Å²) >= 11 is 0. The van der Waals surface area contributed by atoms with Crippen molar-refractivity contribution in [3.63, 3.8) is 0 Å². The first-order valence-corrected chi connectivity index (χ1v) is 26.4. The SMILES string of the molecule is CCCCCC/C=C/CC/C=C/C(O)C(CO)NC(=O)CCCCCCCCCCCCCCCCCCCCCCCCCCC/C=C\C/C=C\CCCCCCC. The number of unbranched alkanes of at least 4 members (excludes halogenated alkanes) is 35. The summed E-state index contributed by atoms with van der Waals surface area (Å²) in [5.74, 6) is -0.0726. The molecule has 0 aromatic heterocycles. The maximum Gasteiger partial charge on any atom is 0.220 e. The van der Waals surface area contributed by atoms with E-state index in [1.165, 1.54) is 218 Å². The second kappa shape index (κ2) is 50.7. The van der Waals surface area contributed by atoms with E-state index in [-0.39, 0.29) is 12.5 Å². The summed E-state index contributed by atoms with van der Waals surface area (Å²) in [6.07, 6.45) is 70.0. The predicted octanol–water partition coefficient (Wildman–Crippen LogP) is 17.1. The van der Waals surface area contributed by atoms with Gasteiger partial charge in [0.1, 0.15) is 0 Å². The number of hydrogen-bond acceptors (Lipinski definition) is 3. The number of hydrogen-bond donors (Lipinski definition) is 3. The number of nitrogens with one attached hydrogen (secondary N) is 1. The Kier molecular flexibility index (Phi) is 49.3. The minimum absolute atomic E-state index is 0.0726. The molecule has 0 fully saturated rings. The van der Waals surface area contributed by atoms with Gasteiger partial charge in [0.15, 0.2) is 0 Å². The van der Waals surface area contributed by atoms with Crippen LogP contribution < -0.4 is 5.32 Å². The van der Waals surface area contributed by atoms with Crippen LogP contribution in [0, 0.1) is 0 Å². The van der Waals surface area contributed by atoms with Gasteiger partial charge in [0.05, 0.1) is 18.8 Å². The number of aliphatic hydroxyl groups is 2. The van der Waals surface area contributed by atoms with E-state index in [4.69, 9.17) is 0 Å². The van der Waals surface area contributed by atoms with Crippen molar-refractivity contribution in [1.82, 2.24) is 5.32 Å².